The van der Waals surface area contributed by atoms with Crippen LogP contribution in [0.2, 0.25) is 0 Å². The lowest BCUT2D eigenvalue weighted by Gasteiger charge is -2.10. The van der Waals surface area contributed by atoms with Crippen molar-refractivity contribution in [3.8, 4) is 11.4 Å². The Morgan fingerprint density at radius 3 is 2.16 bits per heavy atom. The largest absolute Gasteiger partial charge is 0.339 e. The summed E-state index contributed by atoms with van der Waals surface area (Å²) in [6.45, 7) is 7.65. The Labute approximate surface area is 110 Å². The molecule has 0 amide bonds. The predicted molar refractivity (Wildman–Crippen MR) is 67.8 cm³/mol. The molecule has 2 rings (SSSR count). The molecule has 1 heterocycles. The van der Waals surface area contributed by atoms with Gasteiger partial charge in [0.15, 0.2) is 11.6 Å². The summed E-state index contributed by atoms with van der Waals surface area (Å²) in [6.07, 6.45) is 0. The molecule has 1 aromatic carbocycles. The summed E-state index contributed by atoms with van der Waals surface area (Å²) in [6, 6.07) is 2.32. The Morgan fingerprint density at radius 2 is 1.63 bits per heavy atom. The summed E-state index contributed by atoms with van der Waals surface area (Å²) in [5, 5.41) is 3.85. The van der Waals surface area contributed by atoms with E-state index in [1.807, 2.05) is 27.7 Å². The van der Waals surface area contributed by atoms with Crippen molar-refractivity contribution in [2.75, 3.05) is 0 Å². The van der Waals surface area contributed by atoms with Crippen LogP contribution in [0.25, 0.3) is 11.4 Å². The molecule has 3 nitrogen and oxygen atoms in total. The Balaban J connectivity index is 2.56. The molecular formula is C14H16F2N2O. The summed E-state index contributed by atoms with van der Waals surface area (Å²) >= 11 is 0. The Morgan fingerprint density at radius 1 is 1.00 bits per heavy atom. The fourth-order valence-electron chi connectivity index (χ4n) is 1.81. The van der Waals surface area contributed by atoms with Gasteiger partial charge in [-0.1, -0.05) is 32.9 Å². The maximum atomic E-state index is 13.4. The van der Waals surface area contributed by atoms with Crippen LogP contribution in [0.15, 0.2) is 16.7 Å². The van der Waals surface area contributed by atoms with E-state index in [1.54, 1.807) is 0 Å². The number of hydrogen-bond acceptors (Lipinski definition) is 3. The van der Waals surface area contributed by atoms with Gasteiger partial charge >= 0.3 is 0 Å². The van der Waals surface area contributed by atoms with Gasteiger partial charge in [0.05, 0.1) is 0 Å². The van der Waals surface area contributed by atoms with E-state index in [1.165, 1.54) is 6.07 Å². The molecule has 0 N–H and O–H groups in total. The zero-order chi connectivity index (χ0) is 14.2. The molecule has 0 aliphatic carbocycles. The maximum Gasteiger partial charge on any atom is 0.229 e. The van der Waals surface area contributed by atoms with Crippen LogP contribution >= 0.6 is 0 Å². The Kier molecular flexibility index (Phi) is 3.64. The molecular weight excluding hydrogens is 250 g/mol. The fourth-order valence-corrected chi connectivity index (χ4v) is 1.81. The van der Waals surface area contributed by atoms with Crippen LogP contribution in [0.4, 0.5) is 8.78 Å². The second kappa shape index (κ2) is 5.07. The summed E-state index contributed by atoms with van der Waals surface area (Å²) in [5.41, 5.74) is 1.14. The van der Waals surface area contributed by atoms with E-state index >= 15 is 0 Å². The fraction of sp³-hybridized carbons (Fsp3) is 0.429. The third-order valence-electron chi connectivity index (χ3n) is 2.89. The van der Waals surface area contributed by atoms with Crippen LogP contribution in [-0.2, 0) is 0 Å². The Hall–Kier alpha value is -1.78. The third-order valence-corrected chi connectivity index (χ3v) is 2.89. The molecule has 2 aromatic rings. The van der Waals surface area contributed by atoms with Gasteiger partial charge < -0.3 is 4.52 Å². The number of halogens is 2. The van der Waals surface area contributed by atoms with Crippen molar-refractivity contribution >= 4 is 0 Å². The number of aromatic nitrogens is 2. The van der Waals surface area contributed by atoms with Gasteiger partial charge in [-0.25, -0.2) is 8.78 Å². The molecule has 1 aromatic heterocycles. The Bertz CT molecular complexity index is 591. The lowest BCUT2D eigenvalue weighted by molar-refractivity contribution is 0.365. The number of hydrogen-bond donors (Lipinski definition) is 0. The summed E-state index contributed by atoms with van der Waals surface area (Å²) in [7, 11) is 0. The molecule has 5 heteroatoms. The van der Waals surface area contributed by atoms with Gasteiger partial charge in [0.2, 0.25) is 11.7 Å². The third kappa shape index (κ3) is 2.64. The van der Waals surface area contributed by atoms with Crippen LogP contribution in [0, 0.1) is 11.6 Å². The molecule has 0 saturated carbocycles. The standard InChI is InChI=1S/C14H16F2N2O/c1-7(2)9-5-11(15)12(16)6-10(9)13-17-14(8(3)4)19-18-13/h5-8H,1-4H3. The topological polar surface area (TPSA) is 38.9 Å². The molecule has 102 valence electrons. The molecule has 0 fully saturated rings. The highest BCUT2D eigenvalue weighted by Crippen LogP contribution is 2.30. The molecule has 19 heavy (non-hydrogen) atoms. The minimum absolute atomic E-state index is 0.0334. The SMILES string of the molecule is CC(C)c1nc(-c2cc(F)c(F)cc2C(C)C)no1. The van der Waals surface area contributed by atoms with Gasteiger partial charge in [-0.05, 0) is 23.6 Å². The maximum absolute atomic E-state index is 13.4. The van der Waals surface area contributed by atoms with Gasteiger partial charge in [-0.15, -0.1) is 0 Å². The zero-order valence-corrected chi connectivity index (χ0v) is 11.4. The highest BCUT2D eigenvalue weighted by atomic mass is 19.2. The van der Waals surface area contributed by atoms with Gasteiger partial charge in [-0.2, -0.15) is 4.98 Å². The quantitative estimate of drug-likeness (QED) is 0.833. The molecule has 0 unspecified atom stereocenters. The summed E-state index contributed by atoms with van der Waals surface area (Å²) in [5.74, 6) is -0.865. The van der Waals surface area contributed by atoms with E-state index in [-0.39, 0.29) is 11.8 Å². The smallest absolute Gasteiger partial charge is 0.229 e. The second-order valence-corrected chi connectivity index (χ2v) is 5.12. The average molecular weight is 266 g/mol. The second-order valence-electron chi connectivity index (χ2n) is 5.12. The van der Waals surface area contributed by atoms with Crippen molar-refractivity contribution < 1.29 is 13.3 Å². The van der Waals surface area contributed by atoms with E-state index in [9.17, 15) is 8.78 Å². The van der Waals surface area contributed by atoms with E-state index < -0.39 is 11.6 Å². The van der Waals surface area contributed by atoms with Crippen LogP contribution in [0.5, 0.6) is 0 Å². The molecule has 0 spiro atoms. The molecule has 0 aliphatic heterocycles. The van der Waals surface area contributed by atoms with Crippen LogP contribution in [-0.4, -0.2) is 10.1 Å². The molecule has 0 aliphatic rings. The minimum Gasteiger partial charge on any atom is -0.339 e. The van der Waals surface area contributed by atoms with Crippen molar-refractivity contribution in [2.24, 2.45) is 0 Å². The molecule has 0 atom stereocenters. The van der Waals surface area contributed by atoms with E-state index in [4.69, 9.17) is 4.52 Å². The first-order chi connectivity index (χ1) is 8.90. The van der Waals surface area contributed by atoms with Crippen molar-refractivity contribution in [1.82, 2.24) is 10.1 Å². The van der Waals surface area contributed by atoms with Gasteiger partial charge in [-0.3, -0.25) is 0 Å². The van der Waals surface area contributed by atoms with Gasteiger partial charge in [0, 0.05) is 11.5 Å². The number of benzene rings is 1. The van der Waals surface area contributed by atoms with Crippen molar-refractivity contribution in [3.63, 3.8) is 0 Å². The van der Waals surface area contributed by atoms with E-state index in [2.05, 4.69) is 10.1 Å². The highest BCUT2D eigenvalue weighted by Gasteiger charge is 2.19. The lowest BCUT2D eigenvalue weighted by Crippen LogP contribution is -1.98. The minimum atomic E-state index is -0.907. The first kappa shape index (κ1) is 13.6. The summed E-state index contributed by atoms with van der Waals surface area (Å²) < 4.78 is 31.8. The predicted octanol–water partition coefficient (Wildman–Crippen LogP) is 4.26. The first-order valence-corrected chi connectivity index (χ1v) is 6.23. The zero-order valence-electron chi connectivity index (χ0n) is 11.4. The van der Waals surface area contributed by atoms with E-state index in [0.29, 0.717) is 22.8 Å². The van der Waals surface area contributed by atoms with Crippen LogP contribution in [0.3, 0.4) is 0 Å². The number of rotatable bonds is 3. The van der Waals surface area contributed by atoms with Crippen molar-refractivity contribution in [3.05, 3.63) is 35.2 Å². The molecule has 0 radical (unpaired) electrons. The number of nitrogens with zero attached hydrogens (tertiary/aromatic N) is 2. The van der Waals surface area contributed by atoms with Crippen LogP contribution in [0.1, 0.15) is 51.0 Å². The van der Waals surface area contributed by atoms with Gasteiger partial charge in [0.1, 0.15) is 0 Å². The lowest BCUT2D eigenvalue weighted by atomic mass is 9.96. The van der Waals surface area contributed by atoms with Crippen molar-refractivity contribution in [2.45, 2.75) is 39.5 Å². The monoisotopic (exact) mass is 266 g/mol. The first-order valence-electron chi connectivity index (χ1n) is 6.23. The normalized spacial score (nSPS) is 11.6. The summed E-state index contributed by atoms with van der Waals surface area (Å²) in [4.78, 5) is 4.23. The molecule has 0 saturated heterocycles. The van der Waals surface area contributed by atoms with E-state index in [0.717, 1.165) is 6.07 Å². The van der Waals surface area contributed by atoms with Crippen LogP contribution < -0.4 is 0 Å². The molecule has 0 bridgehead atoms. The van der Waals surface area contributed by atoms with Gasteiger partial charge in [0.25, 0.3) is 0 Å². The highest BCUT2D eigenvalue weighted by molar-refractivity contribution is 5.61. The van der Waals surface area contributed by atoms with Crippen molar-refractivity contribution in [1.29, 1.82) is 0 Å². The average Bonchev–Trinajstić information content (AvgIpc) is 2.81.